The first-order chi connectivity index (χ1) is 10.7. The molecular formula is C16H21ClN4O2. The number of hydrogen-bond donors (Lipinski definition) is 2. The molecule has 2 aromatic rings. The van der Waals surface area contributed by atoms with Crippen molar-refractivity contribution in [3.8, 4) is 5.69 Å². The van der Waals surface area contributed by atoms with E-state index in [4.69, 9.17) is 4.74 Å². The maximum Gasteiger partial charge on any atom is 0.240 e. The van der Waals surface area contributed by atoms with E-state index in [0.29, 0.717) is 19.7 Å². The van der Waals surface area contributed by atoms with Crippen LogP contribution in [0.5, 0.6) is 0 Å². The fourth-order valence-corrected chi connectivity index (χ4v) is 2.50. The Hall–Kier alpha value is -1.89. The van der Waals surface area contributed by atoms with Crippen LogP contribution in [0.2, 0.25) is 0 Å². The Bertz CT molecular complexity index is 632. The summed E-state index contributed by atoms with van der Waals surface area (Å²) in [6.07, 6.45) is 3.58. The Balaban J connectivity index is 0.00000192. The summed E-state index contributed by atoms with van der Waals surface area (Å²) < 4.78 is 7.28. The second-order valence-corrected chi connectivity index (χ2v) is 5.35. The molecule has 2 N–H and O–H groups in total. The summed E-state index contributed by atoms with van der Waals surface area (Å²) in [5.41, 5.74) is 1.96. The van der Waals surface area contributed by atoms with Crippen LogP contribution in [0.1, 0.15) is 12.5 Å². The van der Waals surface area contributed by atoms with E-state index < -0.39 is 0 Å². The van der Waals surface area contributed by atoms with Crippen molar-refractivity contribution < 1.29 is 9.53 Å². The lowest BCUT2D eigenvalue weighted by atomic mass is 10.1. The summed E-state index contributed by atoms with van der Waals surface area (Å²) in [5.74, 6) is -0.0420. The van der Waals surface area contributed by atoms with Crippen molar-refractivity contribution in [3.05, 3.63) is 48.3 Å². The number of ether oxygens (including phenoxy) is 1. The smallest absolute Gasteiger partial charge is 0.240 e. The molecule has 1 aliphatic rings. The predicted molar refractivity (Wildman–Crippen MR) is 89.9 cm³/mol. The summed E-state index contributed by atoms with van der Waals surface area (Å²) in [6, 6.07) is 9.58. The number of nitrogens with one attached hydrogen (secondary N) is 2. The van der Waals surface area contributed by atoms with Crippen molar-refractivity contribution in [3.63, 3.8) is 0 Å². The minimum atomic E-state index is -0.294. The van der Waals surface area contributed by atoms with Gasteiger partial charge in [-0.05, 0) is 19.1 Å². The standard InChI is InChI=1S/C16H20N4O2.ClH/c1-12-15(17-7-8-22-12)16(21)18-9-13-10-19-20(11-13)14-5-3-2-4-6-14;/h2-6,10-12,15,17H,7-9H2,1H3,(H,18,21);1H/t12-,15+;/m1./s1. The van der Waals surface area contributed by atoms with Gasteiger partial charge in [0.25, 0.3) is 0 Å². The van der Waals surface area contributed by atoms with Gasteiger partial charge in [-0.1, -0.05) is 18.2 Å². The summed E-state index contributed by atoms with van der Waals surface area (Å²) in [7, 11) is 0. The molecule has 1 aromatic carbocycles. The average Bonchev–Trinajstić information content (AvgIpc) is 3.03. The van der Waals surface area contributed by atoms with Gasteiger partial charge in [0.1, 0.15) is 6.04 Å². The molecule has 2 atom stereocenters. The largest absolute Gasteiger partial charge is 0.375 e. The molecule has 6 nitrogen and oxygen atoms in total. The maximum atomic E-state index is 12.2. The van der Waals surface area contributed by atoms with Crippen molar-refractivity contribution in [1.29, 1.82) is 0 Å². The van der Waals surface area contributed by atoms with Crippen LogP contribution in [0.15, 0.2) is 42.7 Å². The van der Waals surface area contributed by atoms with Crippen molar-refractivity contribution in [1.82, 2.24) is 20.4 Å². The SMILES string of the molecule is C[C@H]1OCCN[C@@H]1C(=O)NCc1cnn(-c2ccccc2)c1.Cl. The van der Waals surface area contributed by atoms with Gasteiger partial charge in [0.15, 0.2) is 0 Å². The van der Waals surface area contributed by atoms with Gasteiger partial charge in [-0.15, -0.1) is 12.4 Å². The number of carbonyl (C=O) groups excluding carboxylic acids is 1. The van der Waals surface area contributed by atoms with E-state index in [1.165, 1.54) is 0 Å². The van der Waals surface area contributed by atoms with Crippen LogP contribution < -0.4 is 10.6 Å². The van der Waals surface area contributed by atoms with E-state index in [9.17, 15) is 4.79 Å². The Kier molecular flexibility index (Phi) is 6.15. The lowest BCUT2D eigenvalue weighted by Gasteiger charge is -2.29. The van der Waals surface area contributed by atoms with Crippen LogP contribution in [-0.2, 0) is 16.1 Å². The molecule has 0 spiro atoms. The molecule has 2 heterocycles. The quantitative estimate of drug-likeness (QED) is 0.882. The van der Waals surface area contributed by atoms with E-state index in [2.05, 4.69) is 15.7 Å². The lowest BCUT2D eigenvalue weighted by Crippen LogP contribution is -2.55. The number of para-hydroxylation sites is 1. The molecule has 1 aliphatic heterocycles. The number of morpholine rings is 1. The van der Waals surface area contributed by atoms with Gasteiger partial charge in [0.05, 0.1) is 24.6 Å². The number of benzene rings is 1. The van der Waals surface area contributed by atoms with E-state index in [1.54, 1.807) is 10.9 Å². The molecule has 1 amide bonds. The lowest BCUT2D eigenvalue weighted by molar-refractivity contribution is -0.129. The third kappa shape index (κ3) is 4.31. The first kappa shape index (κ1) is 17.5. The number of aromatic nitrogens is 2. The van der Waals surface area contributed by atoms with Crippen molar-refractivity contribution in [2.24, 2.45) is 0 Å². The molecule has 124 valence electrons. The number of carbonyl (C=O) groups is 1. The molecule has 0 radical (unpaired) electrons. The van der Waals surface area contributed by atoms with Crippen LogP contribution in [0, 0.1) is 0 Å². The second-order valence-electron chi connectivity index (χ2n) is 5.35. The number of nitrogens with zero attached hydrogens (tertiary/aromatic N) is 2. The fraction of sp³-hybridized carbons (Fsp3) is 0.375. The highest BCUT2D eigenvalue weighted by molar-refractivity contribution is 5.85. The van der Waals surface area contributed by atoms with E-state index in [1.807, 2.05) is 43.5 Å². The van der Waals surface area contributed by atoms with E-state index in [0.717, 1.165) is 11.3 Å². The molecule has 23 heavy (non-hydrogen) atoms. The highest BCUT2D eigenvalue weighted by Gasteiger charge is 2.27. The molecule has 7 heteroatoms. The summed E-state index contributed by atoms with van der Waals surface area (Å²) in [6.45, 7) is 3.71. The Morgan fingerprint density at radius 1 is 1.43 bits per heavy atom. The summed E-state index contributed by atoms with van der Waals surface area (Å²) in [5, 5.41) is 10.4. The molecule has 0 saturated carbocycles. The zero-order chi connectivity index (χ0) is 15.4. The van der Waals surface area contributed by atoms with E-state index >= 15 is 0 Å². The molecule has 0 aliphatic carbocycles. The zero-order valence-corrected chi connectivity index (χ0v) is 13.8. The van der Waals surface area contributed by atoms with Gasteiger partial charge in [0.2, 0.25) is 5.91 Å². The van der Waals surface area contributed by atoms with E-state index in [-0.39, 0.29) is 30.5 Å². The van der Waals surface area contributed by atoms with Gasteiger partial charge in [-0.3, -0.25) is 4.79 Å². The highest BCUT2D eigenvalue weighted by atomic mass is 35.5. The van der Waals surface area contributed by atoms with Gasteiger partial charge < -0.3 is 15.4 Å². The van der Waals surface area contributed by atoms with Crippen molar-refractivity contribution in [2.75, 3.05) is 13.2 Å². The maximum absolute atomic E-state index is 12.2. The van der Waals surface area contributed by atoms with Gasteiger partial charge in [0, 0.05) is 24.8 Å². The predicted octanol–water partition coefficient (Wildman–Crippen LogP) is 1.29. The van der Waals surface area contributed by atoms with Crippen LogP contribution in [0.4, 0.5) is 0 Å². The van der Waals surface area contributed by atoms with Crippen LogP contribution in [0.25, 0.3) is 5.69 Å². The minimum Gasteiger partial charge on any atom is -0.375 e. The first-order valence-electron chi connectivity index (χ1n) is 7.46. The zero-order valence-electron chi connectivity index (χ0n) is 12.9. The molecule has 1 saturated heterocycles. The summed E-state index contributed by atoms with van der Waals surface area (Å²) >= 11 is 0. The third-order valence-electron chi connectivity index (χ3n) is 3.72. The third-order valence-corrected chi connectivity index (χ3v) is 3.72. The molecule has 0 bridgehead atoms. The normalized spacial score (nSPS) is 20.6. The second kappa shape index (κ2) is 8.10. The monoisotopic (exact) mass is 336 g/mol. The minimum absolute atomic E-state index is 0. The molecule has 1 fully saturated rings. The number of rotatable bonds is 4. The molecular weight excluding hydrogens is 316 g/mol. The summed E-state index contributed by atoms with van der Waals surface area (Å²) in [4.78, 5) is 12.2. The van der Waals surface area contributed by atoms with Crippen LogP contribution in [0.3, 0.4) is 0 Å². The Morgan fingerprint density at radius 2 is 2.22 bits per heavy atom. The highest BCUT2D eigenvalue weighted by Crippen LogP contribution is 2.08. The average molecular weight is 337 g/mol. The number of amides is 1. The topological polar surface area (TPSA) is 68.2 Å². The molecule has 0 unspecified atom stereocenters. The van der Waals surface area contributed by atoms with Gasteiger partial charge in [-0.2, -0.15) is 5.10 Å². The number of halogens is 1. The van der Waals surface area contributed by atoms with Crippen LogP contribution >= 0.6 is 12.4 Å². The van der Waals surface area contributed by atoms with Gasteiger partial charge >= 0.3 is 0 Å². The van der Waals surface area contributed by atoms with Crippen molar-refractivity contribution in [2.45, 2.75) is 25.6 Å². The Labute approximate surface area is 141 Å². The first-order valence-corrected chi connectivity index (χ1v) is 7.46. The van der Waals surface area contributed by atoms with Crippen molar-refractivity contribution >= 4 is 18.3 Å². The molecule has 1 aromatic heterocycles. The van der Waals surface area contributed by atoms with Crippen LogP contribution in [-0.4, -0.2) is 41.0 Å². The fourth-order valence-electron chi connectivity index (χ4n) is 2.50. The number of hydrogen-bond acceptors (Lipinski definition) is 4. The molecule has 3 rings (SSSR count). The van der Waals surface area contributed by atoms with Gasteiger partial charge in [-0.25, -0.2) is 4.68 Å². The Morgan fingerprint density at radius 3 is 2.96 bits per heavy atom.